The largest absolute Gasteiger partial charge is 0.481 e. The minimum atomic E-state index is -2.82. The lowest BCUT2D eigenvalue weighted by molar-refractivity contribution is -0.136. The van der Waals surface area contributed by atoms with Gasteiger partial charge in [-0.3, -0.25) is 4.79 Å². The van der Waals surface area contributed by atoms with Gasteiger partial charge >= 0.3 is 5.97 Å². The molecule has 0 unspecified atom stereocenters. The van der Waals surface area contributed by atoms with Gasteiger partial charge < -0.3 is 15.6 Å². The maximum Gasteiger partial charge on any atom is 0.307 e. The lowest BCUT2D eigenvalue weighted by Gasteiger charge is -2.12. The van der Waals surface area contributed by atoms with E-state index in [2.05, 4.69) is 4.98 Å². The number of carboxylic acids is 1. The first-order valence-electron chi connectivity index (χ1n) is 4.76. The number of aromatic nitrogens is 1. The number of alkyl halides is 2. The predicted octanol–water partition coefficient (Wildman–Crippen LogP) is 1.11. The van der Waals surface area contributed by atoms with Crippen molar-refractivity contribution in [3.8, 4) is 5.88 Å². The highest BCUT2D eigenvalue weighted by Crippen LogP contribution is 2.27. The van der Waals surface area contributed by atoms with Crippen molar-refractivity contribution in [2.24, 2.45) is 5.73 Å². The van der Waals surface area contributed by atoms with Gasteiger partial charge in [0.2, 0.25) is 5.88 Å². The van der Waals surface area contributed by atoms with Gasteiger partial charge in [0.15, 0.2) is 0 Å². The molecule has 94 valence electrons. The van der Waals surface area contributed by atoms with E-state index in [4.69, 9.17) is 15.6 Å². The standard InChI is InChI=1S/C10H12F2N2O3/c1-17-7-2-5(3-8(15)16)6(4-13)9(14-7)10(11)12/h2,10H,3-4,13H2,1H3,(H,15,16). The molecule has 0 aromatic carbocycles. The zero-order valence-electron chi connectivity index (χ0n) is 9.11. The van der Waals surface area contributed by atoms with Crippen molar-refractivity contribution >= 4 is 5.97 Å². The molecule has 1 heterocycles. The van der Waals surface area contributed by atoms with Crippen molar-refractivity contribution in [3.05, 3.63) is 22.9 Å². The third-order valence-corrected chi connectivity index (χ3v) is 2.19. The van der Waals surface area contributed by atoms with Crippen LogP contribution in [0.3, 0.4) is 0 Å². The van der Waals surface area contributed by atoms with E-state index >= 15 is 0 Å². The van der Waals surface area contributed by atoms with Crippen LogP contribution in [-0.4, -0.2) is 23.2 Å². The lowest BCUT2D eigenvalue weighted by atomic mass is 10.0. The number of hydrogen-bond donors (Lipinski definition) is 2. The van der Waals surface area contributed by atoms with E-state index in [1.807, 2.05) is 0 Å². The van der Waals surface area contributed by atoms with Crippen LogP contribution >= 0.6 is 0 Å². The van der Waals surface area contributed by atoms with Crippen molar-refractivity contribution in [2.45, 2.75) is 19.4 Å². The monoisotopic (exact) mass is 246 g/mol. The molecule has 0 fully saturated rings. The fourth-order valence-electron chi connectivity index (χ4n) is 1.46. The predicted molar refractivity (Wildman–Crippen MR) is 55.0 cm³/mol. The zero-order chi connectivity index (χ0) is 13.0. The second kappa shape index (κ2) is 5.53. The number of rotatable bonds is 5. The van der Waals surface area contributed by atoms with Crippen LogP contribution in [0.2, 0.25) is 0 Å². The number of carbonyl (C=O) groups is 1. The quantitative estimate of drug-likeness (QED) is 0.812. The van der Waals surface area contributed by atoms with Crippen LogP contribution in [0.25, 0.3) is 0 Å². The maximum absolute atomic E-state index is 12.7. The van der Waals surface area contributed by atoms with E-state index in [1.165, 1.54) is 13.2 Å². The number of halogens is 2. The van der Waals surface area contributed by atoms with Crippen LogP contribution in [0.1, 0.15) is 23.2 Å². The summed E-state index contributed by atoms with van der Waals surface area (Å²) in [5.41, 5.74) is 5.08. The zero-order valence-corrected chi connectivity index (χ0v) is 9.11. The molecule has 1 aromatic heterocycles. The van der Waals surface area contributed by atoms with Crippen LogP contribution in [0.15, 0.2) is 6.07 Å². The fourth-order valence-corrected chi connectivity index (χ4v) is 1.46. The number of methoxy groups -OCH3 is 1. The summed E-state index contributed by atoms with van der Waals surface area (Å²) < 4.78 is 30.2. The average Bonchev–Trinajstić information content (AvgIpc) is 2.26. The Hall–Kier alpha value is -1.76. The summed E-state index contributed by atoms with van der Waals surface area (Å²) in [5.74, 6) is -1.18. The van der Waals surface area contributed by atoms with Gasteiger partial charge in [-0.15, -0.1) is 0 Å². The molecule has 0 aliphatic rings. The Kier molecular flexibility index (Phi) is 4.33. The van der Waals surface area contributed by atoms with Crippen LogP contribution in [0.5, 0.6) is 5.88 Å². The number of pyridine rings is 1. The minimum Gasteiger partial charge on any atom is -0.481 e. The molecular formula is C10H12F2N2O3. The summed E-state index contributed by atoms with van der Waals surface area (Å²) >= 11 is 0. The van der Waals surface area contributed by atoms with Gasteiger partial charge in [0.25, 0.3) is 6.43 Å². The van der Waals surface area contributed by atoms with Gasteiger partial charge in [0.05, 0.1) is 13.5 Å². The highest BCUT2D eigenvalue weighted by molar-refractivity contribution is 5.71. The molecule has 5 nitrogen and oxygen atoms in total. The van der Waals surface area contributed by atoms with E-state index < -0.39 is 24.5 Å². The number of aliphatic carboxylic acids is 1. The minimum absolute atomic E-state index is 0.0475. The van der Waals surface area contributed by atoms with Gasteiger partial charge in [-0.05, 0) is 11.1 Å². The van der Waals surface area contributed by atoms with Gasteiger partial charge in [-0.2, -0.15) is 0 Å². The van der Waals surface area contributed by atoms with Gasteiger partial charge in [-0.25, -0.2) is 13.8 Å². The average molecular weight is 246 g/mol. The molecule has 7 heteroatoms. The second-order valence-corrected chi connectivity index (χ2v) is 3.26. The molecule has 1 rings (SSSR count). The Morgan fingerprint density at radius 3 is 2.71 bits per heavy atom. The summed E-state index contributed by atoms with van der Waals surface area (Å²) in [5, 5.41) is 8.69. The Morgan fingerprint density at radius 1 is 1.65 bits per heavy atom. The third-order valence-electron chi connectivity index (χ3n) is 2.19. The van der Waals surface area contributed by atoms with E-state index in [1.54, 1.807) is 0 Å². The highest BCUT2D eigenvalue weighted by Gasteiger charge is 2.20. The van der Waals surface area contributed by atoms with Gasteiger partial charge in [0.1, 0.15) is 5.69 Å². The molecule has 0 radical (unpaired) electrons. The van der Waals surface area contributed by atoms with Gasteiger partial charge in [-0.1, -0.05) is 0 Å². The summed E-state index contributed by atoms with van der Waals surface area (Å²) in [6, 6.07) is 1.31. The molecule has 0 bridgehead atoms. The molecule has 3 N–H and O–H groups in total. The highest BCUT2D eigenvalue weighted by atomic mass is 19.3. The molecule has 0 aliphatic carbocycles. The molecule has 0 aliphatic heterocycles. The van der Waals surface area contributed by atoms with Crippen molar-refractivity contribution in [1.29, 1.82) is 0 Å². The van der Waals surface area contributed by atoms with Crippen LogP contribution < -0.4 is 10.5 Å². The molecule has 0 atom stereocenters. The molecular weight excluding hydrogens is 234 g/mol. The van der Waals surface area contributed by atoms with Crippen molar-refractivity contribution in [3.63, 3.8) is 0 Å². The fraction of sp³-hybridized carbons (Fsp3) is 0.400. The Morgan fingerprint density at radius 2 is 2.29 bits per heavy atom. The van der Waals surface area contributed by atoms with E-state index in [0.717, 1.165) is 0 Å². The van der Waals surface area contributed by atoms with E-state index in [0.29, 0.717) is 0 Å². The molecule has 0 saturated heterocycles. The molecule has 0 spiro atoms. The number of nitrogens with zero attached hydrogens (tertiary/aromatic N) is 1. The normalized spacial score (nSPS) is 10.6. The summed E-state index contributed by atoms with van der Waals surface area (Å²) in [6.45, 7) is -0.195. The van der Waals surface area contributed by atoms with Crippen LogP contribution in [0, 0.1) is 0 Å². The first-order chi connectivity index (χ1) is 7.99. The van der Waals surface area contributed by atoms with Crippen LogP contribution in [0.4, 0.5) is 8.78 Å². The Balaban J connectivity index is 3.33. The summed E-state index contributed by atoms with van der Waals surface area (Å²) in [4.78, 5) is 14.2. The molecule has 0 amide bonds. The third kappa shape index (κ3) is 3.10. The molecule has 0 saturated carbocycles. The molecule has 17 heavy (non-hydrogen) atoms. The number of nitrogens with two attached hydrogens (primary N) is 1. The SMILES string of the molecule is COc1cc(CC(=O)O)c(CN)c(C(F)F)n1. The first kappa shape index (κ1) is 13.3. The second-order valence-electron chi connectivity index (χ2n) is 3.26. The Bertz CT molecular complexity index is 424. The smallest absolute Gasteiger partial charge is 0.307 e. The first-order valence-corrected chi connectivity index (χ1v) is 4.76. The topological polar surface area (TPSA) is 85.4 Å². The van der Waals surface area contributed by atoms with Gasteiger partial charge in [0, 0.05) is 12.6 Å². The maximum atomic E-state index is 12.7. The van der Waals surface area contributed by atoms with Crippen molar-refractivity contribution in [2.75, 3.05) is 7.11 Å². The lowest BCUT2D eigenvalue weighted by Crippen LogP contribution is -2.12. The Labute approximate surface area is 96.2 Å². The number of hydrogen-bond acceptors (Lipinski definition) is 4. The number of carboxylic acid groups (broad SMARTS) is 1. The van der Waals surface area contributed by atoms with Crippen molar-refractivity contribution in [1.82, 2.24) is 4.98 Å². The van der Waals surface area contributed by atoms with E-state index in [-0.39, 0.29) is 23.6 Å². The number of ether oxygens (including phenoxy) is 1. The summed E-state index contributed by atoms with van der Waals surface area (Å²) in [7, 11) is 1.27. The van der Waals surface area contributed by atoms with Crippen LogP contribution in [-0.2, 0) is 17.8 Å². The van der Waals surface area contributed by atoms with Crippen molar-refractivity contribution < 1.29 is 23.4 Å². The molecule has 1 aromatic rings. The summed E-state index contributed by atoms with van der Waals surface area (Å²) in [6.07, 6.45) is -3.22. The van der Waals surface area contributed by atoms with E-state index in [9.17, 15) is 13.6 Å².